The molecule has 0 saturated carbocycles. The van der Waals surface area contributed by atoms with Crippen LogP contribution in [0.5, 0.6) is 0 Å². The van der Waals surface area contributed by atoms with Crippen LogP contribution in [0, 0.1) is 0 Å². The van der Waals surface area contributed by atoms with E-state index in [1.165, 1.54) is 0 Å². The summed E-state index contributed by atoms with van der Waals surface area (Å²) in [6.07, 6.45) is 0.539. The number of benzene rings is 3. The van der Waals surface area contributed by atoms with Crippen molar-refractivity contribution < 1.29 is 0 Å². The molecule has 0 saturated heterocycles. The highest BCUT2D eigenvalue weighted by Crippen LogP contribution is 2.30. The van der Waals surface area contributed by atoms with E-state index < -0.39 is 0 Å². The molecule has 0 aliphatic heterocycles. The van der Waals surface area contributed by atoms with Crippen LogP contribution in [-0.2, 0) is 12.9 Å². The Morgan fingerprint density at radius 1 is 0.731 bits per heavy atom. The zero-order valence-corrected chi connectivity index (χ0v) is 14.3. The molecule has 0 N–H and O–H groups in total. The molecule has 0 spiro atoms. The van der Waals surface area contributed by atoms with Crippen LogP contribution in [0.1, 0.15) is 11.1 Å². The van der Waals surface area contributed by atoms with Gasteiger partial charge < -0.3 is 0 Å². The number of hydrogen-bond acceptors (Lipinski definition) is 3. The van der Waals surface area contributed by atoms with Gasteiger partial charge in [0, 0.05) is 5.56 Å². The summed E-state index contributed by atoms with van der Waals surface area (Å²) in [5, 5.41) is 12.4. The summed E-state index contributed by atoms with van der Waals surface area (Å²) < 4.78 is 1.84. The van der Waals surface area contributed by atoms with Crippen LogP contribution in [0.2, 0.25) is 0 Å². The second-order valence-corrected chi connectivity index (χ2v) is 6.09. The van der Waals surface area contributed by atoms with Crippen molar-refractivity contribution in [3.8, 4) is 22.5 Å². The van der Waals surface area contributed by atoms with Gasteiger partial charge in [-0.1, -0.05) is 90.7 Å². The summed E-state index contributed by atoms with van der Waals surface area (Å²) in [5.41, 5.74) is 5.49. The third-order valence-electron chi connectivity index (χ3n) is 4.38. The fourth-order valence-corrected chi connectivity index (χ4v) is 3.01. The van der Waals surface area contributed by atoms with Crippen molar-refractivity contribution in [2.24, 2.45) is 0 Å². The number of hydrogen-bond donors (Lipinski definition) is 0. The molecule has 0 atom stereocenters. The normalized spacial score (nSPS) is 10.8. The van der Waals surface area contributed by atoms with Gasteiger partial charge in [0.2, 0.25) is 0 Å². The zero-order chi connectivity index (χ0) is 17.8. The molecule has 2 radical (unpaired) electrons. The van der Waals surface area contributed by atoms with E-state index in [-0.39, 0.29) is 0 Å². The average Bonchev–Trinajstić information content (AvgIpc) is 3.17. The highest BCUT2D eigenvalue weighted by atomic mass is 15.5. The minimum Gasteiger partial charge on any atom is -0.221 e. The van der Waals surface area contributed by atoms with Crippen molar-refractivity contribution in [3.63, 3.8) is 0 Å². The van der Waals surface area contributed by atoms with Crippen LogP contribution in [0.25, 0.3) is 22.5 Å². The predicted molar refractivity (Wildman–Crippen MR) is 104 cm³/mol. The Balaban J connectivity index is 1.74. The van der Waals surface area contributed by atoms with Crippen molar-refractivity contribution >= 4 is 7.85 Å². The summed E-state index contributed by atoms with van der Waals surface area (Å²) in [4.78, 5) is 0. The second kappa shape index (κ2) is 7.36. The molecule has 0 fully saturated rings. The van der Waals surface area contributed by atoms with Crippen LogP contribution < -0.4 is 0 Å². The Labute approximate surface area is 153 Å². The highest BCUT2D eigenvalue weighted by molar-refractivity contribution is 6.08. The molecule has 1 aromatic heterocycles. The SMILES string of the molecule is [B]Cc1ccc(-c2ccccc2-c2nnnn2Cc2ccccc2)cc1. The number of rotatable bonds is 5. The Morgan fingerprint density at radius 2 is 1.42 bits per heavy atom. The molecule has 26 heavy (non-hydrogen) atoms. The summed E-state index contributed by atoms with van der Waals surface area (Å²) in [6.45, 7) is 0.629. The largest absolute Gasteiger partial charge is 0.221 e. The lowest BCUT2D eigenvalue weighted by Gasteiger charge is -2.11. The van der Waals surface area contributed by atoms with E-state index in [9.17, 15) is 0 Å². The fourth-order valence-electron chi connectivity index (χ4n) is 3.01. The van der Waals surface area contributed by atoms with E-state index >= 15 is 0 Å². The van der Waals surface area contributed by atoms with Gasteiger partial charge in [-0.15, -0.1) is 5.10 Å². The Kier molecular flexibility index (Phi) is 4.60. The molecule has 0 unspecified atom stereocenters. The van der Waals surface area contributed by atoms with E-state index in [1.54, 1.807) is 0 Å². The van der Waals surface area contributed by atoms with Crippen LogP contribution in [0.4, 0.5) is 0 Å². The molecule has 124 valence electrons. The van der Waals surface area contributed by atoms with Gasteiger partial charge in [-0.25, -0.2) is 4.68 Å². The first-order chi connectivity index (χ1) is 12.8. The van der Waals surface area contributed by atoms with Gasteiger partial charge in [0.25, 0.3) is 0 Å². The van der Waals surface area contributed by atoms with Gasteiger partial charge in [-0.05, 0) is 27.1 Å². The maximum absolute atomic E-state index is 5.71. The Morgan fingerprint density at radius 3 is 2.15 bits per heavy atom. The smallest absolute Gasteiger partial charge is 0.182 e. The second-order valence-electron chi connectivity index (χ2n) is 6.09. The Hall–Kier alpha value is -3.21. The topological polar surface area (TPSA) is 43.6 Å². The van der Waals surface area contributed by atoms with E-state index in [0.29, 0.717) is 12.9 Å². The minimum atomic E-state index is 0.539. The quantitative estimate of drug-likeness (QED) is 0.522. The third-order valence-corrected chi connectivity index (χ3v) is 4.38. The monoisotopic (exact) mass is 336 g/mol. The molecule has 0 amide bonds. The number of nitrogens with zero attached hydrogens (tertiary/aromatic N) is 4. The molecular formula is C21H17BN4. The van der Waals surface area contributed by atoms with E-state index in [0.717, 1.165) is 33.6 Å². The molecule has 0 bridgehead atoms. The zero-order valence-electron chi connectivity index (χ0n) is 14.3. The first kappa shape index (κ1) is 16.3. The van der Waals surface area contributed by atoms with Crippen LogP contribution in [0.15, 0.2) is 78.9 Å². The lowest BCUT2D eigenvalue weighted by molar-refractivity contribution is 0.653. The highest BCUT2D eigenvalue weighted by Gasteiger charge is 2.14. The van der Waals surface area contributed by atoms with Crippen molar-refractivity contribution in [1.29, 1.82) is 0 Å². The summed E-state index contributed by atoms with van der Waals surface area (Å²) >= 11 is 0. The van der Waals surface area contributed by atoms with Gasteiger partial charge in [0.15, 0.2) is 5.82 Å². The van der Waals surface area contributed by atoms with Gasteiger partial charge in [-0.2, -0.15) is 0 Å². The summed E-state index contributed by atoms with van der Waals surface area (Å²) in [6, 6.07) is 26.7. The predicted octanol–water partition coefficient (Wildman–Crippen LogP) is 3.72. The Bertz CT molecular complexity index is 994. The molecule has 4 nitrogen and oxygen atoms in total. The molecule has 0 aliphatic rings. The molecule has 3 aromatic carbocycles. The fraction of sp³-hybridized carbons (Fsp3) is 0.0952. The van der Waals surface area contributed by atoms with Crippen LogP contribution >= 0.6 is 0 Å². The minimum absolute atomic E-state index is 0.539. The maximum atomic E-state index is 5.71. The summed E-state index contributed by atoms with van der Waals surface area (Å²) in [7, 11) is 5.71. The lowest BCUT2D eigenvalue weighted by Crippen LogP contribution is -2.05. The van der Waals surface area contributed by atoms with Gasteiger partial charge in [-0.3, -0.25) is 0 Å². The van der Waals surface area contributed by atoms with Gasteiger partial charge in [0.1, 0.15) is 0 Å². The molecule has 4 aromatic rings. The number of aromatic nitrogens is 4. The first-order valence-electron chi connectivity index (χ1n) is 8.54. The van der Waals surface area contributed by atoms with E-state index in [1.807, 2.05) is 35.0 Å². The van der Waals surface area contributed by atoms with E-state index in [2.05, 4.69) is 64.1 Å². The standard InChI is InChI=1S/C21H17BN4/c22-14-16-10-12-18(13-11-16)19-8-4-5-9-20(19)21-23-24-25-26(21)15-17-6-2-1-3-7-17/h1-13H,14-15H2. The van der Waals surface area contributed by atoms with Crippen LogP contribution in [0.3, 0.4) is 0 Å². The molecule has 1 heterocycles. The van der Waals surface area contributed by atoms with Crippen molar-refractivity contribution in [3.05, 3.63) is 90.0 Å². The lowest BCUT2D eigenvalue weighted by atomic mass is 9.93. The van der Waals surface area contributed by atoms with Crippen LogP contribution in [-0.4, -0.2) is 28.1 Å². The van der Waals surface area contributed by atoms with Crippen molar-refractivity contribution in [2.45, 2.75) is 12.9 Å². The molecule has 4 rings (SSSR count). The average molecular weight is 336 g/mol. The van der Waals surface area contributed by atoms with E-state index in [4.69, 9.17) is 7.85 Å². The number of tetrazole rings is 1. The van der Waals surface area contributed by atoms with Gasteiger partial charge in [0.05, 0.1) is 14.4 Å². The molecular weight excluding hydrogens is 319 g/mol. The van der Waals surface area contributed by atoms with Gasteiger partial charge >= 0.3 is 0 Å². The molecule has 5 heteroatoms. The maximum Gasteiger partial charge on any atom is 0.182 e. The van der Waals surface area contributed by atoms with Crippen molar-refractivity contribution in [1.82, 2.24) is 20.2 Å². The summed E-state index contributed by atoms with van der Waals surface area (Å²) in [5.74, 6) is 0.757. The van der Waals surface area contributed by atoms with Crippen molar-refractivity contribution in [2.75, 3.05) is 0 Å². The molecule has 0 aliphatic carbocycles. The third kappa shape index (κ3) is 3.29. The first-order valence-corrected chi connectivity index (χ1v) is 8.54.